The van der Waals surface area contributed by atoms with Crippen LogP contribution in [0.1, 0.15) is 47.4 Å². The third kappa shape index (κ3) is 6.38. The molecule has 0 saturated carbocycles. The highest BCUT2D eigenvalue weighted by Crippen LogP contribution is 2.23. The van der Waals surface area contributed by atoms with Gasteiger partial charge in [0, 0.05) is 22.6 Å². The molecule has 8 heteroatoms. The van der Waals surface area contributed by atoms with Gasteiger partial charge in [-0.2, -0.15) is 0 Å². The second-order valence-electron chi connectivity index (χ2n) is 6.01. The zero-order valence-corrected chi connectivity index (χ0v) is 17.3. The molecule has 0 bridgehead atoms. The van der Waals surface area contributed by atoms with E-state index in [1.807, 2.05) is 0 Å². The predicted octanol–water partition coefficient (Wildman–Crippen LogP) is 3.66. The number of hydrazine groups is 1. The van der Waals surface area contributed by atoms with Crippen LogP contribution in [0.15, 0.2) is 46.9 Å². The Morgan fingerprint density at radius 3 is 2.32 bits per heavy atom. The number of ether oxygens (including phenoxy) is 1. The largest absolute Gasteiger partial charge is 0.493 e. The lowest BCUT2D eigenvalue weighted by Gasteiger charge is -2.13. The first-order chi connectivity index (χ1) is 13.4. The molecule has 7 nitrogen and oxygen atoms in total. The van der Waals surface area contributed by atoms with Crippen LogP contribution in [-0.4, -0.2) is 24.3 Å². The van der Waals surface area contributed by atoms with Gasteiger partial charge in [-0.25, -0.2) is 0 Å². The van der Waals surface area contributed by atoms with Crippen molar-refractivity contribution in [1.29, 1.82) is 0 Å². The number of hydrogen-bond donors (Lipinski definition) is 3. The molecule has 148 valence electrons. The smallest absolute Gasteiger partial charge is 0.273 e. The summed E-state index contributed by atoms with van der Waals surface area (Å²) < 4.78 is 6.38. The van der Waals surface area contributed by atoms with Crippen LogP contribution < -0.4 is 20.9 Å². The van der Waals surface area contributed by atoms with E-state index in [9.17, 15) is 14.4 Å². The molecule has 0 spiro atoms. The summed E-state index contributed by atoms with van der Waals surface area (Å²) in [5, 5.41) is 2.62. The Morgan fingerprint density at radius 1 is 1.00 bits per heavy atom. The maximum Gasteiger partial charge on any atom is 0.273 e. The number of carbonyl (C=O) groups is 3. The van der Waals surface area contributed by atoms with Crippen LogP contribution in [0.4, 0.5) is 5.69 Å². The Morgan fingerprint density at radius 2 is 1.68 bits per heavy atom. The van der Waals surface area contributed by atoms with Crippen molar-refractivity contribution in [3.05, 3.63) is 58.1 Å². The number of rotatable bonds is 7. The van der Waals surface area contributed by atoms with Gasteiger partial charge in [-0.1, -0.05) is 29.3 Å². The molecule has 0 aliphatic carbocycles. The van der Waals surface area contributed by atoms with E-state index in [2.05, 4.69) is 39.0 Å². The molecule has 3 amide bonds. The van der Waals surface area contributed by atoms with Crippen molar-refractivity contribution in [2.45, 2.75) is 26.7 Å². The summed E-state index contributed by atoms with van der Waals surface area (Å²) >= 11 is 3.33. The fourth-order valence-corrected chi connectivity index (χ4v) is 2.65. The van der Waals surface area contributed by atoms with E-state index in [-0.39, 0.29) is 5.91 Å². The Kier molecular flexibility index (Phi) is 8.01. The van der Waals surface area contributed by atoms with Crippen molar-refractivity contribution in [1.82, 2.24) is 10.9 Å². The number of hydrogen-bond acceptors (Lipinski definition) is 4. The fraction of sp³-hybridized carbons (Fsp3) is 0.250. The summed E-state index contributed by atoms with van der Waals surface area (Å²) in [5.74, 6) is -0.722. The summed E-state index contributed by atoms with van der Waals surface area (Å²) in [6.07, 6.45) is 1.86. The lowest BCUT2D eigenvalue weighted by molar-refractivity contribution is -0.114. The molecule has 0 aliphatic heterocycles. The average Bonchev–Trinajstić information content (AvgIpc) is 2.67. The van der Waals surface area contributed by atoms with E-state index in [0.717, 1.165) is 17.3 Å². The Labute approximate surface area is 171 Å². The minimum absolute atomic E-state index is 0.199. The lowest BCUT2D eigenvalue weighted by Crippen LogP contribution is -2.41. The van der Waals surface area contributed by atoms with Crippen molar-refractivity contribution >= 4 is 39.3 Å². The van der Waals surface area contributed by atoms with Gasteiger partial charge in [0.05, 0.1) is 12.2 Å². The highest BCUT2D eigenvalue weighted by molar-refractivity contribution is 9.10. The molecule has 0 fully saturated rings. The van der Waals surface area contributed by atoms with Crippen LogP contribution in [0, 0.1) is 0 Å². The van der Waals surface area contributed by atoms with Crippen LogP contribution in [0.5, 0.6) is 5.75 Å². The minimum Gasteiger partial charge on any atom is -0.493 e. The number of carbonyl (C=O) groups excluding carboxylic acids is 3. The van der Waals surface area contributed by atoms with Gasteiger partial charge in [-0.3, -0.25) is 25.2 Å². The van der Waals surface area contributed by atoms with Crippen molar-refractivity contribution in [3.8, 4) is 5.75 Å². The van der Waals surface area contributed by atoms with Crippen LogP contribution in [0.3, 0.4) is 0 Å². The van der Waals surface area contributed by atoms with Crippen molar-refractivity contribution in [3.63, 3.8) is 0 Å². The molecule has 0 unspecified atom stereocenters. The second-order valence-corrected chi connectivity index (χ2v) is 6.92. The van der Waals surface area contributed by atoms with Gasteiger partial charge in [0.2, 0.25) is 5.91 Å². The van der Waals surface area contributed by atoms with Gasteiger partial charge in [-0.05, 0) is 48.9 Å². The summed E-state index contributed by atoms with van der Waals surface area (Å²) in [6.45, 7) is 3.96. The van der Waals surface area contributed by atoms with Crippen molar-refractivity contribution < 1.29 is 19.1 Å². The summed E-state index contributed by atoms with van der Waals surface area (Å²) in [4.78, 5) is 35.7. The highest BCUT2D eigenvalue weighted by atomic mass is 79.9. The normalized spacial score (nSPS) is 10.1. The van der Waals surface area contributed by atoms with Crippen LogP contribution >= 0.6 is 15.9 Å². The van der Waals surface area contributed by atoms with Gasteiger partial charge in [0.1, 0.15) is 5.75 Å². The first kappa shape index (κ1) is 21.4. The third-order valence-corrected chi connectivity index (χ3v) is 4.19. The van der Waals surface area contributed by atoms with E-state index in [4.69, 9.17) is 4.74 Å². The van der Waals surface area contributed by atoms with Crippen molar-refractivity contribution in [2.24, 2.45) is 0 Å². The van der Waals surface area contributed by atoms with Crippen LogP contribution in [0.25, 0.3) is 0 Å². The van der Waals surface area contributed by atoms with Gasteiger partial charge in [0.15, 0.2) is 0 Å². The molecule has 0 atom stereocenters. The molecule has 2 aromatic carbocycles. The molecule has 0 saturated heterocycles. The molecule has 28 heavy (non-hydrogen) atoms. The zero-order chi connectivity index (χ0) is 20.5. The van der Waals surface area contributed by atoms with E-state index in [0.29, 0.717) is 29.2 Å². The van der Waals surface area contributed by atoms with Gasteiger partial charge < -0.3 is 10.1 Å². The van der Waals surface area contributed by atoms with Crippen LogP contribution in [0.2, 0.25) is 0 Å². The summed E-state index contributed by atoms with van der Waals surface area (Å²) in [7, 11) is 0. The SMILES string of the molecule is CCCCOc1ccc(Br)cc1C(=O)NNC(=O)c1ccc(NC(C)=O)cc1. The van der Waals surface area contributed by atoms with Gasteiger partial charge in [-0.15, -0.1) is 0 Å². The molecule has 0 heterocycles. The maximum absolute atomic E-state index is 12.5. The van der Waals surface area contributed by atoms with E-state index in [1.54, 1.807) is 42.5 Å². The van der Waals surface area contributed by atoms with Gasteiger partial charge >= 0.3 is 0 Å². The number of benzene rings is 2. The monoisotopic (exact) mass is 447 g/mol. The second kappa shape index (κ2) is 10.5. The summed E-state index contributed by atoms with van der Waals surface area (Å²) in [5.41, 5.74) is 6.00. The first-order valence-electron chi connectivity index (χ1n) is 8.81. The molecule has 0 aromatic heterocycles. The number of halogens is 1. The maximum atomic E-state index is 12.5. The highest BCUT2D eigenvalue weighted by Gasteiger charge is 2.15. The first-order valence-corrected chi connectivity index (χ1v) is 9.60. The van der Waals surface area contributed by atoms with Crippen LogP contribution in [-0.2, 0) is 4.79 Å². The molecule has 2 rings (SSSR count). The number of amides is 3. The Balaban J connectivity index is 2.00. The number of unbranched alkanes of at least 4 members (excludes halogenated alkanes) is 1. The molecule has 2 aromatic rings. The molecule has 3 N–H and O–H groups in total. The molecule has 0 radical (unpaired) electrons. The lowest BCUT2D eigenvalue weighted by atomic mass is 10.2. The molecular weight excluding hydrogens is 426 g/mol. The fourth-order valence-electron chi connectivity index (χ4n) is 2.29. The zero-order valence-electron chi connectivity index (χ0n) is 15.7. The molecule has 0 aliphatic rings. The van der Waals surface area contributed by atoms with E-state index >= 15 is 0 Å². The van der Waals surface area contributed by atoms with E-state index in [1.165, 1.54) is 6.92 Å². The standard InChI is InChI=1S/C20H22BrN3O4/c1-3-4-11-28-18-10-7-15(21)12-17(18)20(27)24-23-19(26)14-5-8-16(9-6-14)22-13(2)25/h5-10,12H,3-4,11H2,1-2H3,(H,22,25)(H,23,26)(H,24,27). The van der Waals surface area contributed by atoms with Crippen molar-refractivity contribution in [2.75, 3.05) is 11.9 Å². The number of anilines is 1. The van der Waals surface area contributed by atoms with E-state index < -0.39 is 11.8 Å². The number of nitrogens with one attached hydrogen (secondary N) is 3. The minimum atomic E-state index is -0.490. The predicted molar refractivity (Wildman–Crippen MR) is 110 cm³/mol. The van der Waals surface area contributed by atoms with Gasteiger partial charge in [0.25, 0.3) is 11.8 Å². The average molecular weight is 448 g/mol. The topological polar surface area (TPSA) is 96.5 Å². The Hall–Kier alpha value is -2.87. The summed E-state index contributed by atoms with van der Waals surface area (Å²) in [6, 6.07) is 11.4. The quantitative estimate of drug-likeness (QED) is 0.445. The molecular formula is C20H22BrN3O4. The Bertz CT molecular complexity index is 853. The third-order valence-electron chi connectivity index (χ3n) is 3.70.